The zero-order chi connectivity index (χ0) is 49.9. The predicted molar refractivity (Wildman–Crippen MR) is 287 cm³/mol. The van der Waals surface area contributed by atoms with Crippen molar-refractivity contribution in [3.63, 3.8) is 0 Å². The third-order valence-corrected chi connectivity index (χ3v) is 13.1. The van der Waals surface area contributed by atoms with E-state index in [4.69, 9.17) is 37.9 Å². The van der Waals surface area contributed by atoms with Gasteiger partial charge < -0.3 is 37.9 Å². The molecule has 0 saturated heterocycles. The molecule has 0 aliphatic heterocycles. The molecule has 1 aliphatic rings. The summed E-state index contributed by atoms with van der Waals surface area (Å²) in [7, 11) is 3.45. The molecule has 0 saturated carbocycles. The minimum atomic E-state index is -0.156. The van der Waals surface area contributed by atoms with Gasteiger partial charge in [0, 0.05) is 50.6 Å². The molecule has 0 heterocycles. The number of ether oxygens (including phenoxy) is 8. The highest BCUT2D eigenvalue weighted by molar-refractivity contribution is 9.09. The number of hydrogen-bond donors (Lipinski definition) is 0. The highest BCUT2D eigenvalue weighted by Crippen LogP contribution is 2.44. The second-order valence-corrected chi connectivity index (χ2v) is 23.8. The minimum Gasteiger partial charge on any atom is -0.491 e. The molecule has 8 bridgehead atoms. The van der Waals surface area contributed by atoms with Crippen LogP contribution in [-0.4, -0.2) is 90.9 Å². The SMILES string of the molecule is COCCOc1c2cc(C(C)(C)C)cc1Cc1cc(C(C)(C)C)cc(c1OCCOCCBr)Cc1cc(C(C)(C)C)cc(c1OCCOC)Cc1cc(C(C)(C)C)cc(c1OCCOCCBr)C2. The van der Waals surface area contributed by atoms with Crippen LogP contribution in [0.15, 0.2) is 48.5 Å². The van der Waals surface area contributed by atoms with Crippen molar-refractivity contribution >= 4 is 31.9 Å². The van der Waals surface area contributed by atoms with E-state index < -0.39 is 0 Å². The van der Waals surface area contributed by atoms with E-state index in [9.17, 15) is 0 Å². The lowest BCUT2D eigenvalue weighted by Crippen LogP contribution is -2.19. The molecule has 5 rings (SSSR count). The van der Waals surface area contributed by atoms with E-state index in [2.05, 4.69) is 163 Å². The first-order valence-electron chi connectivity index (χ1n) is 24.5. The normalized spacial score (nSPS) is 13.4. The molecular weight excluding hydrogens is 984 g/mol. The summed E-state index contributed by atoms with van der Waals surface area (Å²) in [6.07, 6.45) is 2.33. The first kappa shape index (κ1) is 55.8. The van der Waals surface area contributed by atoms with E-state index in [1.54, 1.807) is 14.2 Å². The number of hydrogen-bond acceptors (Lipinski definition) is 8. The van der Waals surface area contributed by atoms with Crippen LogP contribution in [-0.2, 0) is 66.3 Å². The molecular formula is C58H82Br2O8. The summed E-state index contributed by atoms with van der Waals surface area (Å²) in [5, 5.41) is 1.53. The van der Waals surface area contributed by atoms with E-state index in [0.717, 1.165) is 78.2 Å². The molecule has 0 amide bonds. The molecule has 0 unspecified atom stereocenters. The van der Waals surface area contributed by atoms with Crippen LogP contribution in [0.3, 0.4) is 0 Å². The lowest BCUT2D eigenvalue weighted by atomic mass is 9.79. The summed E-state index contributed by atoms with van der Waals surface area (Å²) >= 11 is 7.04. The topological polar surface area (TPSA) is 73.8 Å². The van der Waals surface area contributed by atoms with Gasteiger partial charge in [-0.25, -0.2) is 0 Å². The summed E-state index contributed by atoms with van der Waals surface area (Å²) in [5.41, 5.74) is 13.2. The van der Waals surface area contributed by atoms with Gasteiger partial charge in [-0.05, 0) is 88.4 Å². The van der Waals surface area contributed by atoms with E-state index in [1.165, 1.54) is 22.3 Å². The zero-order valence-corrected chi connectivity index (χ0v) is 47.1. The maximum Gasteiger partial charge on any atom is 0.126 e. The van der Waals surface area contributed by atoms with Crippen molar-refractivity contribution in [1.29, 1.82) is 0 Å². The average molecular weight is 1070 g/mol. The van der Waals surface area contributed by atoms with Crippen LogP contribution in [0, 0.1) is 0 Å². The average Bonchev–Trinajstić information content (AvgIpc) is 3.24. The van der Waals surface area contributed by atoms with Crippen LogP contribution in [0.25, 0.3) is 0 Å². The highest BCUT2D eigenvalue weighted by Gasteiger charge is 2.29. The smallest absolute Gasteiger partial charge is 0.126 e. The number of alkyl halides is 2. The van der Waals surface area contributed by atoms with Gasteiger partial charge in [-0.1, -0.05) is 163 Å². The Morgan fingerprint density at radius 3 is 0.706 bits per heavy atom. The van der Waals surface area contributed by atoms with Gasteiger partial charge in [0.15, 0.2) is 0 Å². The van der Waals surface area contributed by atoms with Crippen LogP contribution >= 0.6 is 31.9 Å². The fourth-order valence-electron chi connectivity index (χ4n) is 8.54. The zero-order valence-electron chi connectivity index (χ0n) is 44.0. The Hall–Kier alpha value is -3.12. The summed E-state index contributed by atoms with van der Waals surface area (Å²) in [6, 6.07) is 18.9. The van der Waals surface area contributed by atoms with Gasteiger partial charge in [-0.3, -0.25) is 0 Å². The number of fused-ring (bicyclic) bond motifs is 8. The van der Waals surface area contributed by atoms with Crippen molar-refractivity contribution in [1.82, 2.24) is 0 Å². The van der Waals surface area contributed by atoms with E-state index in [0.29, 0.717) is 91.8 Å². The van der Waals surface area contributed by atoms with E-state index >= 15 is 0 Å². The Kier molecular flexibility index (Phi) is 20.4. The maximum absolute atomic E-state index is 7.01. The van der Waals surface area contributed by atoms with Crippen molar-refractivity contribution in [2.24, 2.45) is 0 Å². The van der Waals surface area contributed by atoms with E-state index in [-0.39, 0.29) is 21.7 Å². The summed E-state index contributed by atoms with van der Waals surface area (Å²) in [4.78, 5) is 0. The molecule has 0 spiro atoms. The molecule has 0 radical (unpaired) electrons. The predicted octanol–water partition coefficient (Wildman–Crippen LogP) is 13.2. The summed E-state index contributed by atoms with van der Waals surface area (Å²) in [6.45, 7) is 32.2. The molecule has 0 atom stereocenters. The Morgan fingerprint density at radius 1 is 0.324 bits per heavy atom. The van der Waals surface area contributed by atoms with Crippen LogP contribution in [0.5, 0.6) is 23.0 Å². The third-order valence-electron chi connectivity index (χ3n) is 12.4. The van der Waals surface area contributed by atoms with Gasteiger partial charge >= 0.3 is 0 Å². The van der Waals surface area contributed by atoms with Crippen LogP contribution in [0.4, 0.5) is 0 Å². The fourth-order valence-corrected chi connectivity index (χ4v) is 8.99. The van der Waals surface area contributed by atoms with Gasteiger partial charge in [0.25, 0.3) is 0 Å². The van der Waals surface area contributed by atoms with Crippen molar-refractivity contribution in [2.75, 3.05) is 90.9 Å². The van der Waals surface area contributed by atoms with Crippen LogP contribution in [0.2, 0.25) is 0 Å². The lowest BCUT2D eigenvalue weighted by molar-refractivity contribution is 0.112. The van der Waals surface area contributed by atoms with Crippen molar-refractivity contribution in [3.8, 4) is 23.0 Å². The number of benzene rings is 4. The monoisotopic (exact) mass is 1060 g/mol. The maximum atomic E-state index is 7.01. The van der Waals surface area contributed by atoms with Crippen molar-refractivity contribution in [3.05, 3.63) is 115 Å². The first-order chi connectivity index (χ1) is 32.1. The summed E-state index contributed by atoms with van der Waals surface area (Å²) in [5.74, 6) is 3.50. The highest BCUT2D eigenvalue weighted by atomic mass is 79.9. The number of halogens is 2. The first-order valence-corrected chi connectivity index (χ1v) is 26.7. The molecule has 1 aliphatic carbocycles. The number of rotatable bonds is 20. The molecule has 0 aromatic heterocycles. The standard InChI is InChI=1S/C58H82Br2O8/c1-55(2,3)47-31-39-27-43-35-49(57(7,8)9)37-45(53(43)67-25-21-63-17-15-59)29-41-33-48(56(4,5)6)34-42(52(41)66-24-20-62-14)30-46-38-50(58(10,11)12)36-44(54(46)68-26-22-64-18-16-60)28-40(32-47)51(39)65-23-19-61-13/h31-38H,15-30H2,1-14H3. The van der Waals surface area contributed by atoms with Crippen LogP contribution in [0.1, 0.15) is 150 Å². The van der Waals surface area contributed by atoms with E-state index in [1.807, 2.05) is 0 Å². The molecule has 4 aromatic carbocycles. The third kappa shape index (κ3) is 15.4. The fraction of sp³-hybridized carbons (Fsp3) is 0.586. The van der Waals surface area contributed by atoms with Crippen molar-refractivity contribution in [2.45, 2.75) is 130 Å². The molecule has 10 heteroatoms. The Morgan fingerprint density at radius 2 is 0.529 bits per heavy atom. The molecule has 8 nitrogen and oxygen atoms in total. The largest absolute Gasteiger partial charge is 0.491 e. The van der Waals surface area contributed by atoms with Gasteiger partial charge in [0.1, 0.15) is 49.4 Å². The second kappa shape index (κ2) is 24.8. The quantitative estimate of drug-likeness (QED) is 0.0564. The second-order valence-electron chi connectivity index (χ2n) is 22.2. The van der Waals surface area contributed by atoms with Gasteiger partial charge in [-0.2, -0.15) is 0 Å². The van der Waals surface area contributed by atoms with Gasteiger partial charge in [0.05, 0.1) is 39.6 Å². The Bertz CT molecular complexity index is 2000. The molecule has 0 fully saturated rings. The van der Waals surface area contributed by atoms with Gasteiger partial charge in [-0.15, -0.1) is 0 Å². The van der Waals surface area contributed by atoms with Gasteiger partial charge in [0.2, 0.25) is 0 Å². The lowest BCUT2D eigenvalue weighted by Gasteiger charge is -2.29. The Balaban J connectivity index is 1.98. The summed E-state index contributed by atoms with van der Waals surface area (Å²) < 4.78 is 51.1. The molecule has 0 N–H and O–H groups in total. The molecule has 4 aromatic rings. The molecule has 376 valence electrons. The number of methoxy groups -OCH3 is 2. The minimum absolute atomic E-state index is 0.155. The van der Waals surface area contributed by atoms with Crippen molar-refractivity contribution < 1.29 is 37.9 Å². The molecule has 68 heavy (non-hydrogen) atoms. The van der Waals surface area contributed by atoms with Crippen LogP contribution < -0.4 is 18.9 Å². The Labute approximate surface area is 427 Å².